The molecule has 2 aliphatic rings. The zero-order valence-corrected chi connectivity index (χ0v) is 22.1. The summed E-state index contributed by atoms with van der Waals surface area (Å²) in [5, 5.41) is 19.1. The summed E-state index contributed by atoms with van der Waals surface area (Å²) in [4.78, 5) is 24.5. The van der Waals surface area contributed by atoms with E-state index in [0.717, 1.165) is 48.2 Å². The fourth-order valence-corrected chi connectivity index (χ4v) is 5.85. The van der Waals surface area contributed by atoms with Crippen molar-refractivity contribution >= 4 is 23.4 Å². The lowest BCUT2D eigenvalue weighted by Crippen LogP contribution is -2.31. The summed E-state index contributed by atoms with van der Waals surface area (Å²) in [5.74, 6) is 0.0985. The number of ketones is 1. The fourth-order valence-electron chi connectivity index (χ4n) is 5.55. The molecular formula is C28H38ClN3O3. The molecule has 0 unspecified atom stereocenters. The van der Waals surface area contributed by atoms with Crippen LogP contribution in [0, 0.1) is 18.3 Å². The highest BCUT2D eigenvalue weighted by Crippen LogP contribution is 2.49. The summed E-state index contributed by atoms with van der Waals surface area (Å²) in [5.41, 5.74) is 4.18. The molecule has 2 fully saturated rings. The number of aromatic nitrogens is 3. The number of Topliss-reactive ketones (excluding diaryl/α,β-unsaturated/α-hetero) is 1. The molecule has 0 radical (unpaired) electrons. The van der Waals surface area contributed by atoms with E-state index in [0.29, 0.717) is 34.7 Å². The van der Waals surface area contributed by atoms with Crippen molar-refractivity contribution in [3.8, 4) is 0 Å². The summed E-state index contributed by atoms with van der Waals surface area (Å²) < 4.78 is 2.13. The number of rotatable bonds is 11. The Morgan fingerprint density at radius 2 is 1.94 bits per heavy atom. The molecule has 0 aliphatic heterocycles. The van der Waals surface area contributed by atoms with Gasteiger partial charge in [0.15, 0.2) is 0 Å². The molecule has 4 rings (SSSR count). The number of halogens is 1. The largest absolute Gasteiger partial charge is 0.481 e. The first-order chi connectivity index (χ1) is 16.5. The van der Waals surface area contributed by atoms with E-state index in [1.165, 1.54) is 6.42 Å². The maximum Gasteiger partial charge on any atom is 0.303 e. The second-order valence-corrected chi connectivity index (χ2v) is 12.4. The number of carbonyl (C=O) groups excluding carboxylic acids is 1. The van der Waals surface area contributed by atoms with Crippen molar-refractivity contribution < 1.29 is 14.7 Å². The van der Waals surface area contributed by atoms with E-state index in [-0.39, 0.29) is 31.0 Å². The molecule has 2 aromatic rings. The summed E-state index contributed by atoms with van der Waals surface area (Å²) >= 11 is 6.36. The lowest BCUT2D eigenvalue weighted by molar-refractivity contribution is -0.137. The molecule has 1 atom stereocenters. The van der Waals surface area contributed by atoms with E-state index in [2.05, 4.69) is 35.8 Å². The van der Waals surface area contributed by atoms with Gasteiger partial charge in [-0.3, -0.25) is 9.59 Å². The summed E-state index contributed by atoms with van der Waals surface area (Å²) in [7, 11) is 0. The molecule has 1 aromatic heterocycles. The quantitative estimate of drug-likeness (QED) is 0.374. The van der Waals surface area contributed by atoms with Crippen LogP contribution >= 0.6 is 11.6 Å². The molecule has 1 aromatic carbocycles. The lowest BCUT2D eigenvalue weighted by atomic mass is 9.71. The van der Waals surface area contributed by atoms with Crippen LogP contribution in [0.25, 0.3) is 0 Å². The SMILES string of the molecule is Cc1ccc(CC(=O)C[C@H](CCC(=O)O)c2nnn(C3CC(CC(C)(C)C)C3)c2C2CC2)c(Cl)c1. The second kappa shape index (κ2) is 10.4. The van der Waals surface area contributed by atoms with Gasteiger partial charge in [0.1, 0.15) is 5.78 Å². The Bertz CT molecular complexity index is 1080. The van der Waals surface area contributed by atoms with Crippen LogP contribution in [0.5, 0.6) is 0 Å². The van der Waals surface area contributed by atoms with E-state index < -0.39 is 5.97 Å². The van der Waals surface area contributed by atoms with E-state index in [1.807, 2.05) is 25.1 Å². The van der Waals surface area contributed by atoms with E-state index >= 15 is 0 Å². The number of carbonyl (C=O) groups is 2. The molecule has 0 bridgehead atoms. The number of benzene rings is 1. The van der Waals surface area contributed by atoms with Gasteiger partial charge in [0.25, 0.3) is 0 Å². The number of hydrogen-bond acceptors (Lipinski definition) is 4. The Morgan fingerprint density at radius 3 is 2.54 bits per heavy atom. The Morgan fingerprint density at radius 1 is 1.23 bits per heavy atom. The van der Waals surface area contributed by atoms with E-state index in [4.69, 9.17) is 11.6 Å². The van der Waals surface area contributed by atoms with Crippen molar-refractivity contribution in [3.05, 3.63) is 45.7 Å². The van der Waals surface area contributed by atoms with Crippen molar-refractivity contribution in [1.29, 1.82) is 0 Å². The molecule has 1 heterocycles. The molecular weight excluding hydrogens is 462 g/mol. The van der Waals surface area contributed by atoms with Crippen LogP contribution in [0.3, 0.4) is 0 Å². The monoisotopic (exact) mass is 499 g/mol. The van der Waals surface area contributed by atoms with Gasteiger partial charge in [0.05, 0.1) is 17.4 Å². The molecule has 0 amide bonds. The second-order valence-electron chi connectivity index (χ2n) is 12.0. The van der Waals surface area contributed by atoms with Crippen molar-refractivity contribution in [2.24, 2.45) is 11.3 Å². The molecule has 0 saturated heterocycles. The van der Waals surface area contributed by atoms with Crippen molar-refractivity contribution in [2.75, 3.05) is 0 Å². The number of aryl methyl sites for hydroxylation is 1. The Balaban J connectivity index is 1.51. The first kappa shape index (κ1) is 25.9. The zero-order valence-electron chi connectivity index (χ0n) is 21.4. The Labute approximate surface area is 213 Å². The average molecular weight is 500 g/mol. The molecule has 35 heavy (non-hydrogen) atoms. The Kier molecular flexibility index (Phi) is 7.70. The average Bonchev–Trinajstić information content (AvgIpc) is 3.47. The van der Waals surface area contributed by atoms with Gasteiger partial charge in [-0.2, -0.15) is 0 Å². The first-order valence-electron chi connectivity index (χ1n) is 12.9. The molecule has 0 spiro atoms. The number of aliphatic carboxylic acids is 1. The van der Waals surface area contributed by atoms with Crippen LogP contribution < -0.4 is 0 Å². The predicted molar refractivity (Wildman–Crippen MR) is 137 cm³/mol. The highest BCUT2D eigenvalue weighted by atomic mass is 35.5. The van der Waals surface area contributed by atoms with Gasteiger partial charge in [0, 0.05) is 36.1 Å². The topological polar surface area (TPSA) is 85.1 Å². The number of hydrogen-bond donors (Lipinski definition) is 1. The van der Waals surface area contributed by atoms with Crippen LogP contribution in [0.4, 0.5) is 0 Å². The third kappa shape index (κ3) is 6.72. The van der Waals surface area contributed by atoms with Crippen molar-refractivity contribution in [2.45, 2.75) is 103 Å². The molecule has 2 saturated carbocycles. The van der Waals surface area contributed by atoms with Crippen LogP contribution in [-0.2, 0) is 16.0 Å². The van der Waals surface area contributed by atoms with Gasteiger partial charge in [-0.25, -0.2) is 4.68 Å². The number of carboxylic acids is 1. The molecule has 7 heteroatoms. The van der Waals surface area contributed by atoms with Crippen molar-refractivity contribution in [3.63, 3.8) is 0 Å². The minimum absolute atomic E-state index is 0.0112. The van der Waals surface area contributed by atoms with E-state index in [1.54, 1.807) is 0 Å². The zero-order chi connectivity index (χ0) is 25.3. The van der Waals surface area contributed by atoms with Gasteiger partial charge in [-0.05, 0) is 74.0 Å². The maximum atomic E-state index is 13.1. The van der Waals surface area contributed by atoms with Gasteiger partial charge in [-0.1, -0.05) is 49.7 Å². The molecule has 2 aliphatic carbocycles. The number of nitrogens with zero attached hydrogens (tertiary/aromatic N) is 3. The summed E-state index contributed by atoms with van der Waals surface area (Å²) in [6.45, 7) is 8.84. The van der Waals surface area contributed by atoms with Gasteiger partial charge >= 0.3 is 5.97 Å². The molecule has 190 valence electrons. The fraction of sp³-hybridized carbons (Fsp3) is 0.643. The van der Waals surface area contributed by atoms with E-state index in [9.17, 15) is 14.7 Å². The van der Waals surface area contributed by atoms with Crippen LogP contribution in [0.2, 0.25) is 5.02 Å². The van der Waals surface area contributed by atoms with Crippen LogP contribution in [0.1, 0.15) is 113 Å². The van der Waals surface area contributed by atoms with Gasteiger partial charge < -0.3 is 5.11 Å². The third-order valence-electron chi connectivity index (χ3n) is 7.34. The minimum atomic E-state index is -0.853. The smallest absolute Gasteiger partial charge is 0.303 e. The molecule has 6 nitrogen and oxygen atoms in total. The lowest BCUT2D eigenvalue weighted by Gasteiger charge is -2.39. The van der Waals surface area contributed by atoms with Gasteiger partial charge in [-0.15, -0.1) is 5.10 Å². The van der Waals surface area contributed by atoms with Crippen LogP contribution in [-0.4, -0.2) is 31.9 Å². The normalized spacial score (nSPS) is 20.9. The van der Waals surface area contributed by atoms with Crippen LogP contribution in [0.15, 0.2) is 18.2 Å². The standard InChI is InChI=1S/C28H38ClN3O3/c1-17-5-6-20(24(29)11-17)14-23(33)15-21(9-10-25(34)35)26-27(19-7-8-19)32(31-30-26)22-12-18(13-22)16-28(2,3)4/h5-6,11,18-19,21-22H,7-10,12-16H2,1-4H3,(H,34,35)/t18?,21-,22?/m0/s1. The first-order valence-corrected chi connectivity index (χ1v) is 13.3. The third-order valence-corrected chi connectivity index (χ3v) is 7.70. The maximum absolute atomic E-state index is 13.1. The minimum Gasteiger partial charge on any atom is -0.481 e. The van der Waals surface area contributed by atoms with Gasteiger partial charge in [0.2, 0.25) is 0 Å². The summed E-state index contributed by atoms with van der Waals surface area (Å²) in [6.07, 6.45) is 6.56. The van der Waals surface area contributed by atoms with Crippen molar-refractivity contribution in [1.82, 2.24) is 15.0 Å². The molecule has 1 N–H and O–H groups in total. The highest BCUT2D eigenvalue weighted by Gasteiger charge is 2.40. The number of carboxylic acid groups (broad SMARTS) is 1. The summed E-state index contributed by atoms with van der Waals surface area (Å²) in [6, 6.07) is 6.09. The highest BCUT2D eigenvalue weighted by molar-refractivity contribution is 6.31. The predicted octanol–water partition coefficient (Wildman–Crippen LogP) is 6.65. The Hall–Kier alpha value is -2.21.